The lowest BCUT2D eigenvalue weighted by Gasteiger charge is -2.04. The van der Waals surface area contributed by atoms with Gasteiger partial charge in [0.05, 0.1) is 35.2 Å². The minimum atomic E-state index is -0.341. The number of carbonyl (C=O) groups excluding carboxylic acids is 1. The van der Waals surface area contributed by atoms with Gasteiger partial charge in [-0.3, -0.25) is 9.48 Å². The van der Waals surface area contributed by atoms with Crippen molar-refractivity contribution < 1.29 is 9.18 Å². The Bertz CT molecular complexity index is 1340. The summed E-state index contributed by atoms with van der Waals surface area (Å²) in [7, 11) is 0. The molecule has 4 heterocycles. The first kappa shape index (κ1) is 18.2. The van der Waals surface area contributed by atoms with Crippen LogP contribution in [-0.2, 0) is 6.54 Å². The topological polar surface area (TPSA) is 77.1 Å². The number of benzene rings is 1. The van der Waals surface area contributed by atoms with Crippen LogP contribution in [0.1, 0.15) is 15.9 Å². The van der Waals surface area contributed by atoms with E-state index in [0.717, 1.165) is 10.6 Å². The Kier molecular flexibility index (Phi) is 4.56. The maximum absolute atomic E-state index is 13.8. The van der Waals surface area contributed by atoms with Crippen molar-refractivity contribution in [2.75, 3.05) is 5.32 Å². The second-order valence-corrected chi connectivity index (χ2v) is 7.52. The molecular formula is C21H15FN6OS. The molecule has 0 aliphatic heterocycles. The molecule has 0 bridgehead atoms. The van der Waals surface area contributed by atoms with Crippen LogP contribution in [0.15, 0.2) is 72.6 Å². The predicted molar refractivity (Wildman–Crippen MR) is 112 cm³/mol. The van der Waals surface area contributed by atoms with Crippen LogP contribution in [0, 0.1) is 5.82 Å². The molecule has 148 valence electrons. The number of aromatic nitrogens is 5. The SMILES string of the molecule is O=C(Nc1cnn(Cc2ccccc2F)c1)c1cnn2c(-c3cccs3)ccnc12. The van der Waals surface area contributed by atoms with Crippen LogP contribution in [0.2, 0.25) is 0 Å². The first-order valence-corrected chi connectivity index (χ1v) is 10.0. The average molecular weight is 418 g/mol. The lowest BCUT2D eigenvalue weighted by Crippen LogP contribution is -2.11. The molecule has 0 aliphatic rings. The molecule has 5 aromatic rings. The Balaban J connectivity index is 1.38. The maximum atomic E-state index is 13.8. The summed E-state index contributed by atoms with van der Waals surface area (Å²) in [4.78, 5) is 18.2. The second-order valence-electron chi connectivity index (χ2n) is 6.57. The lowest BCUT2D eigenvalue weighted by atomic mass is 10.2. The number of amides is 1. The van der Waals surface area contributed by atoms with Gasteiger partial charge >= 0.3 is 0 Å². The van der Waals surface area contributed by atoms with Crippen molar-refractivity contribution in [2.24, 2.45) is 0 Å². The van der Waals surface area contributed by atoms with Crippen LogP contribution in [0.3, 0.4) is 0 Å². The Labute approximate surface area is 174 Å². The van der Waals surface area contributed by atoms with Crippen molar-refractivity contribution in [1.29, 1.82) is 0 Å². The van der Waals surface area contributed by atoms with Gasteiger partial charge in [-0.25, -0.2) is 13.9 Å². The lowest BCUT2D eigenvalue weighted by molar-refractivity contribution is 0.102. The van der Waals surface area contributed by atoms with Crippen LogP contribution in [0.25, 0.3) is 16.2 Å². The Morgan fingerprint density at radius 2 is 2.00 bits per heavy atom. The fourth-order valence-corrected chi connectivity index (χ4v) is 3.91. The molecule has 0 saturated carbocycles. The number of anilines is 1. The molecule has 0 fully saturated rings. The molecule has 4 aromatic heterocycles. The standard InChI is InChI=1S/C21H15FN6OS/c22-17-5-2-1-4-14(17)12-27-13-15(10-24-27)26-21(29)16-11-25-28-18(7-8-23-20(16)28)19-6-3-9-30-19/h1-11,13H,12H2,(H,26,29). The number of thiophene rings is 1. The molecule has 5 rings (SSSR count). The van der Waals surface area contributed by atoms with Gasteiger partial charge in [-0.15, -0.1) is 11.3 Å². The normalized spacial score (nSPS) is 11.1. The van der Waals surface area contributed by atoms with Crippen molar-refractivity contribution in [3.63, 3.8) is 0 Å². The van der Waals surface area contributed by atoms with E-state index in [-0.39, 0.29) is 18.3 Å². The van der Waals surface area contributed by atoms with E-state index in [2.05, 4.69) is 20.5 Å². The number of nitrogens with zero attached hydrogens (tertiary/aromatic N) is 5. The number of rotatable bonds is 5. The summed E-state index contributed by atoms with van der Waals surface area (Å²) < 4.78 is 17.1. The van der Waals surface area contributed by atoms with E-state index < -0.39 is 0 Å². The van der Waals surface area contributed by atoms with Gasteiger partial charge < -0.3 is 5.32 Å². The average Bonchev–Trinajstić information content (AvgIpc) is 3.50. The number of halogens is 1. The highest BCUT2D eigenvalue weighted by Crippen LogP contribution is 2.25. The molecule has 0 saturated heterocycles. The molecule has 30 heavy (non-hydrogen) atoms. The van der Waals surface area contributed by atoms with Crippen molar-refractivity contribution >= 4 is 28.6 Å². The van der Waals surface area contributed by atoms with Crippen molar-refractivity contribution in [3.05, 3.63) is 89.6 Å². The highest BCUT2D eigenvalue weighted by Gasteiger charge is 2.17. The molecule has 7 nitrogen and oxygen atoms in total. The molecule has 1 N–H and O–H groups in total. The van der Waals surface area contributed by atoms with Crippen molar-refractivity contribution in [1.82, 2.24) is 24.4 Å². The highest BCUT2D eigenvalue weighted by atomic mass is 32.1. The van der Waals surface area contributed by atoms with Gasteiger partial charge in [0.15, 0.2) is 5.65 Å². The van der Waals surface area contributed by atoms with Crippen LogP contribution in [0.5, 0.6) is 0 Å². The third-order valence-corrected chi connectivity index (χ3v) is 5.49. The molecule has 0 radical (unpaired) electrons. The molecule has 0 unspecified atom stereocenters. The summed E-state index contributed by atoms with van der Waals surface area (Å²) in [6, 6.07) is 12.3. The van der Waals surface area contributed by atoms with E-state index in [1.54, 1.807) is 51.1 Å². The van der Waals surface area contributed by atoms with Crippen LogP contribution in [0.4, 0.5) is 10.1 Å². The predicted octanol–water partition coefficient (Wildman–Crippen LogP) is 4.09. The van der Waals surface area contributed by atoms with Gasteiger partial charge in [0.25, 0.3) is 5.91 Å². The fraction of sp³-hybridized carbons (Fsp3) is 0.0476. The van der Waals surface area contributed by atoms with E-state index in [0.29, 0.717) is 22.5 Å². The summed E-state index contributed by atoms with van der Waals surface area (Å²) in [5, 5.41) is 13.3. The zero-order valence-electron chi connectivity index (χ0n) is 15.6. The van der Waals surface area contributed by atoms with E-state index >= 15 is 0 Å². The molecule has 1 amide bonds. The third-order valence-electron chi connectivity index (χ3n) is 4.60. The second kappa shape index (κ2) is 7.53. The Morgan fingerprint density at radius 3 is 2.83 bits per heavy atom. The van der Waals surface area contributed by atoms with Crippen LogP contribution < -0.4 is 5.32 Å². The highest BCUT2D eigenvalue weighted by molar-refractivity contribution is 7.13. The third kappa shape index (κ3) is 3.35. The quantitative estimate of drug-likeness (QED) is 0.466. The summed E-state index contributed by atoms with van der Waals surface area (Å²) in [6.45, 7) is 0.269. The molecule has 9 heteroatoms. The Hall–Kier alpha value is -3.85. The minimum absolute atomic E-state index is 0.269. The van der Waals surface area contributed by atoms with Crippen molar-refractivity contribution in [3.8, 4) is 10.6 Å². The summed E-state index contributed by atoms with van der Waals surface area (Å²) in [5.41, 5.74) is 2.72. The number of fused-ring (bicyclic) bond motifs is 1. The zero-order chi connectivity index (χ0) is 20.5. The fourth-order valence-electron chi connectivity index (χ4n) is 3.18. The zero-order valence-corrected chi connectivity index (χ0v) is 16.4. The number of hydrogen-bond donors (Lipinski definition) is 1. The number of nitrogens with one attached hydrogen (secondary N) is 1. The molecule has 0 atom stereocenters. The van der Waals surface area contributed by atoms with Gasteiger partial charge in [0, 0.05) is 18.0 Å². The number of carbonyl (C=O) groups is 1. The Morgan fingerprint density at radius 1 is 1.10 bits per heavy atom. The van der Waals surface area contributed by atoms with E-state index in [9.17, 15) is 9.18 Å². The van der Waals surface area contributed by atoms with Crippen LogP contribution in [-0.4, -0.2) is 30.3 Å². The molecule has 1 aromatic carbocycles. The summed E-state index contributed by atoms with van der Waals surface area (Å²) in [6.07, 6.45) is 6.34. The monoisotopic (exact) mass is 418 g/mol. The van der Waals surface area contributed by atoms with Crippen molar-refractivity contribution in [2.45, 2.75) is 6.54 Å². The van der Waals surface area contributed by atoms with E-state index in [4.69, 9.17) is 0 Å². The van der Waals surface area contributed by atoms with Gasteiger partial charge in [0.1, 0.15) is 11.4 Å². The molecule has 0 spiro atoms. The van der Waals surface area contributed by atoms with Gasteiger partial charge in [-0.1, -0.05) is 24.3 Å². The molecular weight excluding hydrogens is 403 g/mol. The minimum Gasteiger partial charge on any atom is -0.319 e. The largest absolute Gasteiger partial charge is 0.319 e. The van der Waals surface area contributed by atoms with Crippen LogP contribution >= 0.6 is 11.3 Å². The van der Waals surface area contributed by atoms with E-state index in [1.165, 1.54) is 18.5 Å². The summed E-state index contributed by atoms with van der Waals surface area (Å²) in [5.74, 6) is -0.635. The van der Waals surface area contributed by atoms with E-state index in [1.807, 2.05) is 23.6 Å². The first-order valence-electron chi connectivity index (χ1n) is 9.13. The number of hydrogen-bond acceptors (Lipinski definition) is 5. The first-order chi connectivity index (χ1) is 14.7. The maximum Gasteiger partial charge on any atom is 0.261 e. The molecule has 0 aliphatic carbocycles. The summed E-state index contributed by atoms with van der Waals surface area (Å²) >= 11 is 1.59. The van der Waals surface area contributed by atoms with Gasteiger partial charge in [-0.2, -0.15) is 10.2 Å². The van der Waals surface area contributed by atoms with Gasteiger partial charge in [-0.05, 0) is 23.6 Å². The smallest absolute Gasteiger partial charge is 0.261 e. The van der Waals surface area contributed by atoms with Gasteiger partial charge in [0.2, 0.25) is 0 Å².